The van der Waals surface area contributed by atoms with Gasteiger partial charge >= 0.3 is 0 Å². The van der Waals surface area contributed by atoms with E-state index < -0.39 is 11.5 Å². The van der Waals surface area contributed by atoms with Gasteiger partial charge in [-0.3, -0.25) is 9.59 Å². The lowest BCUT2D eigenvalue weighted by atomic mass is 10.2. The number of amides is 1. The second-order valence-corrected chi connectivity index (χ2v) is 5.18. The van der Waals surface area contributed by atoms with Crippen molar-refractivity contribution in [3.05, 3.63) is 40.3 Å². The maximum absolute atomic E-state index is 12.5. The Morgan fingerprint density at radius 1 is 1.35 bits per heavy atom. The lowest BCUT2D eigenvalue weighted by Gasteiger charge is -2.02. The summed E-state index contributed by atoms with van der Waals surface area (Å²) < 4.78 is 10.1. The van der Waals surface area contributed by atoms with Crippen molar-refractivity contribution in [2.75, 3.05) is 14.2 Å². The van der Waals surface area contributed by atoms with Crippen LogP contribution in [0.3, 0.4) is 0 Å². The molecule has 9 nitrogen and oxygen atoms in total. The second-order valence-electron chi connectivity index (χ2n) is 4.43. The summed E-state index contributed by atoms with van der Waals surface area (Å²) in [5, 5.41) is 12.8. The molecule has 23 heavy (non-hydrogen) atoms. The van der Waals surface area contributed by atoms with Crippen molar-refractivity contribution in [2.24, 2.45) is 0 Å². The van der Waals surface area contributed by atoms with E-state index in [9.17, 15) is 9.59 Å². The molecular formula is C13H12N6O3S. The average molecular weight is 332 g/mol. The number of methoxy groups -OCH3 is 1. The summed E-state index contributed by atoms with van der Waals surface area (Å²) in [7, 11) is 3.04. The molecule has 0 aliphatic carbocycles. The van der Waals surface area contributed by atoms with Gasteiger partial charge in [-0.2, -0.15) is 5.10 Å². The van der Waals surface area contributed by atoms with Crippen LogP contribution in [0.5, 0.6) is 5.75 Å². The normalized spacial score (nSPS) is 10.5. The number of hydrogen-bond donors (Lipinski definition) is 2. The molecule has 0 fully saturated rings. The number of carbonyl (C=O) groups is 1. The first-order chi connectivity index (χ1) is 11.2. The van der Waals surface area contributed by atoms with Crippen molar-refractivity contribution in [3.63, 3.8) is 0 Å². The molecule has 0 aliphatic rings. The maximum Gasteiger partial charge on any atom is 0.300 e. The van der Waals surface area contributed by atoms with E-state index in [-0.39, 0.29) is 11.4 Å². The first-order valence-corrected chi connectivity index (χ1v) is 7.29. The molecule has 0 aliphatic heterocycles. The van der Waals surface area contributed by atoms with Crippen molar-refractivity contribution >= 4 is 17.4 Å². The standard InChI is InChI=1S/C13H12N6O3S/c1-14-12(20)9-11(23-18-16-9)10-13(21)19(17-15-10)7-3-5-8(22-2)6-4-7/h3-6,17H,1-2H3,(H,14,20). The molecule has 3 rings (SSSR count). The number of hydrogen-bond acceptors (Lipinski definition) is 7. The number of nitrogens with zero attached hydrogens (tertiary/aromatic N) is 4. The molecule has 3 aromatic rings. The smallest absolute Gasteiger partial charge is 0.300 e. The minimum atomic E-state index is -0.424. The zero-order chi connectivity index (χ0) is 16.4. The Morgan fingerprint density at radius 2 is 2.09 bits per heavy atom. The Labute approximate surface area is 134 Å². The van der Waals surface area contributed by atoms with Gasteiger partial charge in [0.1, 0.15) is 10.6 Å². The second kappa shape index (κ2) is 6.01. The number of carbonyl (C=O) groups excluding carboxylic acids is 1. The van der Waals surface area contributed by atoms with Gasteiger partial charge in [0.05, 0.1) is 12.8 Å². The van der Waals surface area contributed by atoms with Crippen LogP contribution >= 0.6 is 11.5 Å². The third kappa shape index (κ3) is 2.59. The fourth-order valence-corrected chi connectivity index (χ4v) is 2.61. The SMILES string of the molecule is CNC(=O)c1nnsc1-c1n[nH]n(-c2ccc(OC)cc2)c1=O. The summed E-state index contributed by atoms with van der Waals surface area (Å²) in [5.74, 6) is 0.252. The van der Waals surface area contributed by atoms with Crippen LogP contribution in [0, 0.1) is 0 Å². The van der Waals surface area contributed by atoms with Crippen molar-refractivity contribution in [1.29, 1.82) is 0 Å². The Balaban J connectivity index is 2.04. The molecule has 0 saturated carbocycles. The van der Waals surface area contributed by atoms with Gasteiger partial charge in [-0.15, -0.1) is 5.10 Å². The summed E-state index contributed by atoms with van der Waals surface area (Å²) in [6.07, 6.45) is 0. The van der Waals surface area contributed by atoms with Gasteiger partial charge in [0.2, 0.25) is 0 Å². The van der Waals surface area contributed by atoms with E-state index in [0.29, 0.717) is 16.3 Å². The average Bonchev–Trinajstić information content (AvgIpc) is 3.20. The van der Waals surface area contributed by atoms with Gasteiger partial charge < -0.3 is 10.1 Å². The molecule has 1 amide bonds. The van der Waals surface area contributed by atoms with E-state index in [1.165, 1.54) is 11.7 Å². The highest BCUT2D eigenvalue weighted by molar-refractivity contribution is 7.09. The lowest BCUT2D eigenvalue weighted by molar-refractivity contribution is 0.0959. The Bertz CT molecular complexity index is 895. The number of H-pyrrole nitrogens is 1. The monoisotopic (exact) mass is 332 g/mol. The number of ether oxygens (including phenoxy) is 1. The van der Waals surface area contributed by atoms with Crippen molar-refractivity contribution < 1.29 is 9.53 Å². The maximum atomic E-state index is 12.5. The molecular weight excluding hydrogens is 320 g/mol. The van der Waals surface area contributed by atoms with Crippen LogP contribution in [-0.2, 0) is 0 Å². The van der Waals surface area contributed by atoms with Gasteiger partial charge in [-0.1, -0.05) is 4.49 Å². The summed E-state index contributed by atoms with van der Waals surface area (Å²) in [5.41, 5.74) is 0.359. The largest absolute Gasteiger partial charge is 0.497 e. The molecule has 1 aromatic carbocycles. The number of nitrogens with one attached hydrogen (secondary N) is 2. The zero-order valence-electron chi connectivity index (χ0n) is 12.2. The Kier molecular flexibility index (Phi) is 3.89. The fraction of sp³-hybridized carbons (Fsp3) is 0.154. The minimum Gasteiger partial charge on any atom is -0.497 e. The van der Waals surface area contributed by atoms with Gasteiger partial charge in [-0.25, -0.2) is 9.90 Å². The van der Waals surface area contributed by atoms with Gasteiger partial charge in [0, 0.05) is 7.05 Å². The molecule has 2 N–H and O–H groups in total. The van der Waals surface area contributed by atoms with Crippen LogP contribution in [0.25, 0.3) is 16.3 Å². The van der Waals surface area contributed by atoms with E-state index in [0.717, 1.165) is 11.5 Å². The number of rotatable bonds is 4. The predicted octanol–water partition coefficient (Wildman–Crippen LogP) is 0.447. The quantitative estimate of drug-likeness (QED) is 0.717. The highest BCUT2D eigenvalue weighted by Gasteiger charge is 2.22. The predicted molar refractivity (Wildman–Crippen MR) is 83.0 cm³/mol. The van der Waals surface area contributed by atoms with E-state index in [4.69, 9.17) is 4.74 Å². The minimum absolute atomic E-state index is 0.0722. The third-order valence-electron chi connectivity index (χ3n) is 3.14. The van der Waals surface area contributed by atoms with Crippen LogP contribution in [0.2, 0.25) is 0 Å². The lowest BCUT2D eigenvalue weighted by Crippen LogP contribution is -2.20. The van der Waals surface area contributed by atoms with E-state index >= 15 is 0 Å². The molecule has 0 saturated heterocycles. The van der Waals surface area contributed by atoms with Crippen LogP contribution in [0.4, 0.5) is 0 Å². The summed E-state index contributed by atoms with van der Waals surface area (Å²) >= 11 is 0.937. The van der Waals surface area contributed by atoms with Gasteiger partial charge in [0.25, 0.3) is 11.5 Å². The van der Waals surface area contributed by atoms with E-state index in [1.54, 1.807) is 31.4 Å². The summed E-state index contributed by atoms with van der Waals surface area (Å²) in [4.78, 5) is 24.6. The Morgan fingerprint density at radius 3 is 2.74 bits per heavy atom. The molecule has 0 unspecified atom stereocenters. The highest BCUT2D eigenvalue weighted by Crippen LogP contribution is 2.21. The van der Waals surface area contributed by atoms with Crippen molar-refractivity contribution in [2.45, 2.75) is 0 Å². The fourth-order valence-electron chi connectivity index (χ4n) is 1.97. The Hall–Kier alpha value is -3.01. The van der Waals surface area contributed by atoms with Gasteiger partial charge in [-0.05, 0) is 35.8 Å². The number of aromatic nitrogens is 5. The zero-order valence-corrected chi connectivity index (χ0v) is 13.0. The third-order valence-corrected chi connectivity index (χ3v) is 3.88. The number of benzene rings is 1. The molecule has 0 atom stereocenters. The summed E-state index contributed by atoms with van der Waals surface area (Å²) in [6.45, 7) is 0. The molecule has 0 spiro atoms. The topological polar surface area (TPSA) is 115 Å². The summed E-state index contributed by atoms with van der Waals surface area (Å²) in [6, 6.07) is 6.89. The van der Waals surface area contributed by atoms with Crippen LogP contribution in [0.1, 0.15) is 10.5 Å². The van der Waals surface area contributed by atoms with Crippen LogP contribution in [0.15, 0.2) is 29.1 Å². The van der Waals surface area contributed by atoms with Crippen molar-refractivity contribution in [1.82, 2.24) is 29.9 Å². The van der Waals surface area contributed by atoms with Crippen LogP contribution in [-0.4, -0.2) is 44.6 Å². The first kappa shape index (κ1) is 14.9. The first-order valence-electron chi connectivity index (χ1n) is 6.52. The molecule has 118 valence electrons. The van der Waals surface area contributed by atoms with E-state index in [1.807, 2.05) is 0 Å². The van der Waals surface area contributed by atoms with Crippen molar-refractivity contribution in [3.8, 4) is 22.0 Å². The molecule has 0 radical (unpaired) electrons. The molecule has 2 heterocycles. The molecule has 0 bridgehead atoms. The highest BCUT2D eigenvalue weighted by atomic mass is 32.1. The molecule has 10 heteroatoms. The van der Waals surface area contributed by atoms with Crippen LogP contribution < -0.4 is 15.6 Å². The number of aromatic amines is 1. The molecule has 2 aromatic heterocycles. The van der Waals surface area contributed by atoms with Gasteiger partial charge in [0.15, 0.2) is 11.4 Å². The van der Waals surface area contributed by atoms with E-state index in [2.05, 4.69) is 25.2 Å².